The molecule has 1 aromatic carbocycles. The fraction of sp³-hybridized carbons (Fsp3) is 0.500. The van der Waals surface area contributed by atoms with Crippen LogP contribution in [-0.2, 0) is 4.79 Å². The summed E-state index contributed by atoms with van der Waals surface area (Å²) in [6, 6.07) is 8.42. The van der Waals surface area contributed by atoms with Crippen LogP contribution < -0.4 is 10.6 Å². The SMILES string of the molecule is CSc1ccc(C(C)NC(=O)C2CCCN2)cc1. The third-order valence-corrected chi connectivity index (χ3v) is 4.09. The topological polar surface area (TPSA) is 41.1 Å². The Labute approximate surface area is 113 Å². The van der Waals surface area contributed by atoms with Crippen LogP contribution in [0.25, 0.3) is 0 Å². The van der Waals surface area contributed by atoms with E-state index in [-0.39, 0.29) is 18.0 Å². The summed E-state index contributed by atoms with van der Waals surface area (Å²) in [6.07, 6.45) is 4.10. The highest BCUT2D eigenvalue weighted by Crippen LogP contribution is 2.19. The molecule has 3 nitrogen and oxygen atoms in total. The van der Waals surface area contributed by atoms with E-state index in [1.54, 1.807) is 11.8 Å². The molecule has 0 aromatic heterocycles. The second kappa shape index (κ2) is 6.25. The van der Waals surface area contributed by atoms with Gasteiger partial charge < -0.3 is 10.6 Å². The first kappa shape index (κ1) is 13.4. The molecule has 1 aromatic rings. The quantitative estimate of drug-likeness (QED) is 0.820. The molecule has 2 N–H and O–H groups in total. The maximum Gasteiger partial charge on any atom is 0.237 e. The summed E-state index contributed by atoms with van der Waals surface area (Å²) in [5.74, 6) is 0.119. The number of nitrogens with one attached hydrogen (secondary N) is 2. The Morgan fingerprint density at radius 2 is 2.17 bits per heavy atom. The molecule has 0 spiro atoms. The van der Waals surface area contributed by atoms with Crippen molar-refractivity contribution in [3.05, 3.63) is 29.8 Å². The first-order valence-electron chi connectivity index (χ1n) is 6.38. The molecule has 18 heavy (non-hydrogen) atoms. The number of rotatable bonds is 4. The summed E-state index contributed by atoms with van der Waals surface area (Å²) in [4.78, 5) is 13.2. The Kier molecular flexibility index (Phi) is 4.66. The predicted octanol–water partition coefficient (Wildman–Crippen LogP) is 2.34. The van der Waals surface area contributed by atoms with Crippen LogP contribution in [0, 0.1) is 0 Å². The normalized spacial score (nSPS) is 20.7. The standard InChI is InChI=1S/C14H20N2OS/c1-10(11-5-7-12(18-2)8-6-11)16-14(17)13-4-3-9-15-13/h5-8,10,13,15H,3-4,9H2,1-2H3,(H,16,17). The molecule has 0 bridgehead atoms. The molecule has 1 aliphatic heterocycles. The number of carbonyl (C=O) groups excluding carboxylic acids is 1. The van der Waals surface area contributed by atoms with Crippen LogP contribution >= 0.6 is 11.8 Å². The Hall–Kier alpha value is -1.00. The highest BCUT2D eigenvalue weighted by molar-refractivity contribution is 7.98. The fourth-order valence-corrected chi connectivity index (χ4v) is 2.61. The predicted molar refractivity (Wildman–Crippen MR) is 75.8 cm³/mol. The van der Waals surface area contributed by atoms with Crippen LogP contribution in [0.4, 0.5) is 0 Å². The van der Waals surface area contributed by atoms with Gasteiger partial charge in [0.25, 0.3) is 0 Å². The van der Waals surface area contributed by atoms with Gasteiger partial charge in [0.15, 0.2) is 0 Å². The largest absolute Gasteiger partial charge is 0.348 e. The van der Waals surface area contributed by atoms with E-state index < -0.39 is 0 Å². The summed E-state index contributed by atoms with van der Waals surface area (Å²) in [5.41, 5.74) is 1.15. The molecule has 0 radical (unpaired) electrons. The minimum atomic E-state index is -0.00193. The van der Waals surface area contributed by atoms with Crippen molar-refractivity contribution in [1.82, 2.24) is 10.6 Å². The van der Waals surface area contributed by atoms with Crippen molar-refractivity contribution in [2.24, 2.45) is 0 Å². The third-order valence-electron chi connectivity index (χ3n) is 3.35. The van der Waals surface area contributed by atoms with E-state index in [0.717, 1.165) is 24.9 Å². The summed E-state index contributed by atoms with van der Waals surface area (Å²) < 4.78 is 0. The molecule has 1 heterocycles. The van der Waals surface area contributed by atoms with Gasteiger partial charge in [-0.2, -0.15) is 0 Å². The molecule has 2 rings (SSSR count). The average molecular weight is 264 g/mol. The zero-order valence-corrected chi connectivity index (χ0v) is 11.7. The van der Waals surface area contributed by atoms with E-state index in [2.05, 4.69) is 41.2 Å². The second-order valence-corrected chi connectivity index (χ2v) is 5.53. The summed E-state index contributed by atoms with van der Waals surface area (Å²) in [7, 11) is 0. The van der Waals surface area contributed by atoms with E-state index in [4.69, 9.17) is 0 Å². The Morgan fingerprint density at radius 3 is 2.72 bits per heavy atom. The van der Waals surface area contributed by atoms with Gasteiger partial charge in [0.05, 0.1) is 12.1 Å². The van der Waals surface area contributed by atoms with Crippen LogP contribution in [0.2, 0.25) is 0 Å². The molecule has 4 heteroatoms. The van der Waals surface area contributed by atoms with Crippen molar-refractivity contribution in [1.29, 1.82) is 0 Å². The van der Waals surface area contributed by atoms with Crippen LogP contribution in [0.15, 0.2) is 29.2 Å². The van der Waals surface area contributed by atoms with Crippen molar-refractivity contribution >= 4 is 17.7 Å². The maximum atomic E-state index is 12.0. The second-order valence-electron chi connectivity index (χ2n) is 4.65. The molecule has 1 fully saturated rings. The van der Waals surface area contributed by atoms with Crippen LogP contribution in [0.1, 0.15) is 31.4 Å². The van der Waals surface area contributed by atoms with E-state index in [1.165, 1.54) is 4.90 Å². The minimum Gasteiger partial charge on any atom is -0.348 e. The summed E-state index contributed by atoms with van der Waals surface area (Å²) >= 11 is 1.73. The molecule has 1 aliphatic rings. The van der Waals surface area contributed by atoms with Gasteiger partial charge in [-0.1, -0.05) is 12.1 Å². The van der Waals surface area contributed by atoms with Gasteiger partial charge in [-0.25, -0.2) is 0 Å². The van der Waals surface area contributed by atoms with Gasteiger partial charge in [0.2, 0.25) is 5.91 Å². The first-order chi connectivity index (χ1) is 8.70. The Bertz CT molecular complexity index is 399. The molecule has 2 atom stereocenters. The molecule has 0 saturated carbocycles. The summed E-state index contributed by atoms with van der Waals surface area (Å²) in [6.45, 7) is 2.98. The van der Waals surface area contributed by atoms with Gasteiger partial charge in [0, 0.05) is 4.90 Å². The van der Waals surface area contributed by atoms with E-state index in [1.807, 2.05) is 6.92 Å². The Morgan fingerprint density at radius 1 is 1.44 bits per heavy atom. The van der Waals surface area contributed by atoms with Gasteiger partial charge in [0.1, 0.15) is 0 Å². The summed E-state index contributed by atoms with van der Waals surface area (Å²) in [5, 5.41) is 6.28. The highest BCUT2D eigenvalue weighted by Gasteiger charge is 2.23. The highest BCUT2D eigenvalue weighted by atomic mass is 32.2. The zero-order valence-electron chi connectivity index (χ0n) is 10.9. The van der Waals surface area contributed by atoms with Crippen molar-refractivity contribution in [2.75, 3.05) is 12.8 Å². The fourth-order valence-electron chi connectivity index (χ4n) is 2.20. The zero-order chi connectivity index (χ0) is 13.0. The van der Waals surface area contributed by atoms with Gasteiger partial charge in [-0.15, -0.1) is 11.8 Å². The van der Waals surface area contributed by atoms with Crippen molar-refractivity contribution in [3.8, 4) is 0 Å². The van der Waals surface area contributed by atoms with Crippen molar-refractivity contribution < 1.29 is 4.79 Å². The van der Waals surface area contributed by atoms with Gasteiger partial charge in [-0.3, -0.25) is 4.79 Å². The average Bonchev–Trinajstić information content (AvgIpc) is 2.92. The van der Waals surface area contributed by atoms with E-state index in [9.17, 15) is 4.79 Å². The molecule has 1 saturated heterocycles. The van der Waals surface area contributed by atoms with E-state index >= 15 is 0 Å². The molecular weight excluding hydrogens is 244 g/mol. The Balaban J connectivity index is 1.93. The lowest BCUT2D eigenvalue weighted by Crippen LogP contribution is -2.41. The van der Waals surface area contributed by atoms with Crippen molar-refractivity contribution in [2.45, 2.75) is 36.7 Å². The lowest BCUT2D eigenvalue weighted by Gasteiger charge is -2.17. The lowest BCUT2D eigenvalue weighted by atomic mass is 10.1. The van der Waals surface area contributed by atoms with Crippen molar-refractivity contribution in [3.63, 3.8) is 0 Å². The van der Waals surface area contributed by atoms with Crippen LogP contribution in [0.5, 0.6) is 0 Å². The van der Waals surface area contributed by atoms with E-state index in [0.29, 0.717) is 0 Å². The maximum absolute atomic E-state index is 12.0. The number of hydrogen-bond acceptors (Lipinski definition) is 3. The molecule has 0 aliphatic carbocycles. The minimum absolute atomic E-state index is 0.00193. The number of hydrogen-bond donors (Lipinski definition) is 2. The first-order valence-corrected chi connectivity index (χ1v) is 7.61. The molecule has 2 unspecified atom stereocenters. The number of thioether (sulfide) groups is 1. The lowest BCUT2D eigenvalue weighted by molar-refractivity contribution is -0.123. The van der Waals surface area contributed by atoms with Gasteiger partial charge >= 0.3 is 0 Å². The third kappa shape index (κ3) is 3.27. The monoisotopic (exact) mass is 264 g/mol. The van der Waals surface area contributed by atoms with Crippen LogP contribution in [-0.4, -0.2) is 24.7 Å². The number of benzene rings is 1. The molecular formula is C14H20N2OS. The smallest absolute Gasteiger partial charge is 0.237 e. The number of amides is 1. The number of carbonyl (C=O) groups is 1. The van der Waals surface area contributed by atoms with Crippen LogP contribution in [0.3, 0.4) is 0 Å². The van der Waals surface area contributed by atoms with Gasteiger partial charge in [-0.05, 0) is 50.3 Å². The molecule has 1 amide bonds. The molecule has 98 valence electrons.